The van der Waals surface area contributed by atoms with Gasteiger partial charge >= 0.3 is 0 Å². The predicted octanol–water partition coefficient (Wildman–Crippen LogP) is 2.86. The molecule has 1 aromatic rings. The minimum atomic E-state index is -2.73. The zero-order chi connectivity index (χ0) is 28.0. The number of phenolic OH excluding ortho intramolecular Hbond substituents is 1. The van der Waals surface area contributed by atoms with Gasteiger partial charge in [0.25, 0.3) is 0 Å². The van der Waals surface area contributed by atoms with E-state index in [9.17, 15) is 39.0 Å². The average molecular weight is 511 g/mol. The third-order valence-corrected chi connectivity index (χ3v) is 9.23. The summed E-state index contributed by atoms with van der Waals surface area (Å²) in [4.78, 5) is 80.0. The highest BCUT2D eigenvalue weighted by Crippen LogP contribution is 2.64. The maximum absolute atomic E-state index is 14.2. The second kappa shape index (κ2) is 8.25. The molecule has 3 aliphatic rings. The second-order valence-corrected chi connectivity index (χ2v) is 12.0. The molecule has 0 aromatic heterocycles. The fourth-order valence-corrected chi connectivity index (χ4v) is 7.86. The Morgan fingerprint density at radius 2 is 1.68 bits per heavy atom. The molecule has 3 aliphatic carbocycles. The minimum absolute atomic E-state index is 0.00140. The largest absolute Gasteiger partial charge is 0.506 e. The van der Waals surface area contributed by atoms with Crippen molar-refractivity contribution in [3.8, 4) is 5.75 Å². The molecule has 6 atom stereocenters. The van der Waals surface area contributed by atoms with E-state index in [0.717, 1.165) is 6.92 Å². The summed E-state index contributed by atoms with van der Waals surface area (Å²) in [7, 11) is 0. The van der Waals surface area contributed by atoms with Gasteiger partial charge in [-0.1, -0.05) is 34.6 Å². The highest BCUT2D eigenvalue weighted by Gasteiger charge is 2.76. The molecule has 0 amide bonds. The zero-order valence-electron chi connectivity index (χ0n) is 22.4. The van der Waals surface area contributed by atoms with E-state index in [1.54, 1.807) is 33.8 Å². The lowest BCUT2D eigenvalue weighted by Gasteiger charge is -2.62. The van der Waals surface area contributed by atoms with Gasteiger partial charge in [-0.2, -0.15) is 0 Å². The van der Waals surface area contributed by atoms with Crippen LogP contribution in [0.3, 0.4) is 0 Å². The summed E-state index contributed by atoms with van der Waals surface area (Å²) >= 11 is 0. The van der Waals surface area contributed by atoms with E-state index in [-0.39, 0.29) is 24.0 Å². The van der Waals surface area contributed by atoms with Crippen LogP contribution in [0, 0.1) is 34.5 Å². The lowest BCUT2D eigenvalue weighted by Crippen LogP contribution is -2.76. The molecule has 0 radical (unpaired) electrons. The van der Waals surface area contributed by atoms with E-state index in [1.807, 2.05) is 6.92 Å². The van der Waals surface area contributed by atoms with Crippen molar-refractivity contribution in [1.82, 2.24) is 0 Å². The third-order valence-electron chi connectivity index (χ3n) is 9.23. The van der Waals surface area contributed by atoms with E-state index < -0.39 is 80.6 Å². The molecule has 8 nitrogen and oxygen atoms in total. The van der Waals surface area contributed by atoms with Crippen LogP contribution in [0.1, 0.15) is 86.7 Å². The molecule has 4 rings (SSSR count). The third kappa shape index (κ3) is 3.24. The molecule has 1 aromatic carbocycles. The number of hydrogen-bond donors (Lipinski definition) is 2. The van der Waals surface area contributed by atoms with Gasteiger partial charge in [-0.05, 0) is 61.6 Å². The highest BCUT2D eigenvalue weighted by atomic mass is 16.3. The van der Waals surface area contributed by atoms with Crippen LogP contribution in [0.4, 0.5) is 0 Å². The van der Waals surface area contributed by atoms with Gasteiger partial charge in [0.1, 0.15) is 17.5 Å². The summed E-state index contributed by atoms with van der Waals surface area (Å²) in [5, 5.41) is 23.0. The second-order valence-electron chi connectivity index (χ2n) is 12.0. The normalized spacial score (nSPS) is 35.2. The van der Waals surface area contributed by atoms with Gasteiger partial charge in [-0.15, -0.1) is 0 Å². The number of aliphatic hydroxyl groups is 1. The van der Waals surface area contributed by atoms with Crippen LogP contribution >= 0.6 is 0 Å². The van der Waals surface area contributed by atoms with Gasteiger partial charge in [0.15, 0.2) is 34.5 Å². The Balaban J connectivity index is 2.02. The molecule has 0 spiro atoms. The van der Waals surface area contributed by atoms with Crippen LogP contribution in [0.15, 0.2) is 6.07 Å². The number of benzene rings is 1. The van der Waals surface area contributed by atoms with Crippen molar-refractivity contribution < 1.29 is 39.0 Å². The summed E-state index contributed by atoms with van der Waals surface area (Å²) in [5.41, 5.74) is -4.29. The zero-order valence-corrected chi connectivity index (χ0v) is 22.4. The topological polar surface area (TPSA) is 143 Å². The summed E-state index contributed by atoms with van der Waals surface area (Å²) in [6.45, 7) is 11.0. The quantitative estimate of drug-likeness (QED) is 0.465. The first-order valence-corrected chi connectivity index (χ1v) is 12.8. The molecule has 0 heterocycles. The lowest BCUT2D eigenvalue weighted by molar-refractivity contribution is -0.205. The Kier molecular flexibility index (Phi) is 6.03. The average Bonchev–Trinajstić information content (AvgIpc) is 2.75. The fourth-order valence-electron chi connectivity index (χ4n) is 7.86. The van der Waals surface area contributed by atoms with Crippen LogP contribution < -0.4 is 0 Å². The number of phenols is 1. The van der Waals surface area contributed by atoms with Gasteiger partial charge in [-0.3, -0.25) is 28.8 Å². The SMILES string of the molecule is CCc1cc(C(C)=O)c(O)c2c1C[C@]1(C)C[C@]3(C)C(C(C)C)C(=O)C(C(C)=O)C(=O)[C@]3(O)C(=O)C1C2=O. The first-order chi connectivity index (χ1) is 17.0. The Morgan fingerprint density at radius 3 is 2.16 bits per heavy atom. The Hall–Kier alpha value is -3.00. The number of carbonyl (C=O) groups excluding carboxylic acids is 6. The Labute approximate surface area is 215 Å². The molecule has 37 heavy (non-hydrogen) atoms. The van der Waals surface area contributed by atoms with Gasteiger partial charge < -0.3 is 10.2 Å². The van der Waals surface area contributed by atoms with Crippen molar-refractivity contribution in [3.63, 3.8) is 0 Å². The smallest absolute Gasteiger partial charge is 0.190 e. The van der Waals surface area contributed by atoms with Gasteiger partial charge in [-0.25, -0.2) is 0 Å². The van der Waals surface area contributed by atoms with Crippen molar-refractivity contribution in [2.45, 2.75) is 73.3 Å². The molecule has 2 fully saturated rings. The molecular formula is C29H34O8. The summed E-state index contributed by atoms with van der Waals surface area (Å²) in [6, 6.07) is 1.57. The molecule has 2 saturated carbocycles. The van der Waals surface area contributed by atoms with Gasteiger partial charge in [0.05, 0.1) is 17.0 Å². The molecule has 8 heteroatoms. The van der Waals surface area contributed by atoms with Crippen LogP contribution in [-0.2, 0) is 32.0 Å². The summed E-state index contributed by atoms with van der Waals surface area (Å²) < 4.78 is 0. The monoisotopic (exact) mass is 510 g/mol. The Bertz CT molecular complexity index is 1310. The van der Waals surface area contributed by atoms with Crippen molar-refractivity contribution >= 4 is 34.7 Å². The van der Waals surface area contributed by atoms with Crippen molar-refractivity contribution in [3.05, 3.63) is 28.3 Å². The number of hydrogen-bond acceptors (Lipinski definition) is 8. The number of fused-ring (bicyclic) bond motifs is 3. The van der Waals surface area contributed by atoms with Crippen LogP contribution in [0.25, 0.3) is 0 Å². The van der Waals surface area contributed by atoms with E-state index in [2.05, 4.69) is 0 Å². The maximum Gasteiger partial charge on any atom is 0.190 e. The number of rotatable bonds is 4. The molecule has 2 N–H and O–H groups in total. The van der Waals surface area contributed by atoms with E-state index in [0.29, 0.717) is 17.5 Å². The van der Waals surface area contributed by atoms with E-state index in [1.165, 1.54) is 6.92 Å². The highest BCUT2D eigenvalue weighted by molar-refractivity contribution is 6.32. The number of ketones is 6. The number of aromatic hydroxyl groups is 1. The fraction of sp³-hybridized carbons (Fsp3) is 0.586. The van der Waals surface area contributed by atoms with Crippen LogP contribution in [0.2, 0.25) is 0 Å². The maximum atomic E-state index is 14.2. The number of Topliss-reactive ketones (excluding diaryl/α,β-unsaturated/α-hetero) is 6. The van der Waals surface area contributed by atoms with Crippen molar-refractivity contribution in [2.75, 3.05) is 0 Å². The molecule has 0 aliphatic heterocycles. The predicted molar refractivity (Wildman–Crippen MR) is 132 cm³/mol. The van der Waals surface area contributed by atoms with Crippen molar-refractivity contribution in [2.24, 2.45) is 34.5 Å². The molecule has 198 valence electrons. The molecular weight excluding hydrogens is 476 g/mol. The Morgan fingerprint density at radius 1 is 1.08 bits per heavy atom. The molecule has 3 unspecified atom stereocenters. The van der Waals surface area contributed by atoms with Crippen molar-refractivity contribution in [1.29, 1.82) is 0 Å². The lowest BCUT2D eigenvalue weighted by atomic mass is 9.39. The van der Waals surface area contributed by atoms with Crippen LogP contribution in [-0.4, -0.2) is 50.5 Å². The first-order valence-electron chi connectivity index (χ1n) is 12.8. The van der Waals surface area contributed by atoms with E-state index >= 15 is 0 Å². The van der Waals surface area contributed by atoms with Gasteiger partial charge in [0.2, 0.25) is 0 Å². The first kappa shape index (κ1) is 27.0. The van der Waals surface area contributed by atoms with Gasteiger partial charge in [0, 0.05) is 11.3 Å². The summed E-state index contributed by atoms with van der Waals surface area (Å²) in [5.74, 6) is -9.93. The summed E-state index contributed by atoms with van der Waals surface area (Å²) in [6.07, 6.45) is 0.647. The molecule has 0 bridgehead atoms. The standard InChI is InChI=1S/C29H34O8/c1-8-15-9-16(13(4)30)22(32)19-17(15)10-27(6)11-28(7)20(12(2)3)23(33)18(14(5)31)25(35)29(28,37)26(36)21(27)24(19)34/h9,12,18,20-21,32,37H,8,10-11H2,1-7H3/t18?,20?,21?,27-,28-,29+/m1/s1. The number of aryl methyl sites for hydroxylation is 1. The molecule has 0 saturated heterocycles. The minimum Gasteiger partial charge on any atom is -0.506 e. The van der Waals surface area contributed by atoms with Crippen LogP contribution in [0.5, 0.6) is 5.75 Å². The number of carbonyl (C=O) groups is 6. The van der Waals surface area contributed by atoms with E-state index in [4.69, 9.17) is 0 Å².